The van der Waals surface area contributed by atoms with E-state index in [9.17, 15) is 0 Å². The minimum absolute atomic E-state index is 0.687. The van der Waals surface area contributed by atoms with Gasteiger partial charge in [-0.05, 0) is 56.5 Å². The minimum Gasteiger partial charge on any atom is -0.312 e. The summed E-state index contributed by atoms with van der Waals surface area (Å²) < 4.78 is 2.02. The molecule has 0 fully saturated rings. The van der Waals surface area contributed by atoms with Crippen molar-refractivity contribution in [3.63, 3.8) is 0 Å². The van der Waals surface area contributed by atoms with Gasteiger partial charge in [-0.25, -0.2) is 4.68 Å². The van der Waals surface area contributed by atoms with E-state index in [4.69, 9.17) is 0 Å². The van der Waals surface area contributed by atoms with E-state index in [2.05, 4.69) is 69.3 Å². The summed E-state index contributed by atoms with van der Waals surface area (Å²) in [6, 6.07) is 8.64. The first-order valence-corrected chi connectivity index (χ1v) is 7.32. The van der Waals surface area contributed by atoms with Crippen LogP contribution in [0, 0.1) is 26.7 Å². The monoisotopic (exact) mass is 271 g/mol. The van der Waals surface area contributed by atoms with Gasteiger partial charge in [-0.3, -0.25) is 0 Å². The maximum Gasteiger partial charge on any atom is 0.0649 e. The van der Waals surface area contributed by atoms with Crippen LogP contribution in [0.25, 0.3) is 5.69 Å². The number of hydrogen-bond donors (Lipinski definition) is 1. The molecule has 0 radical (unpaired) electrons. The highest BCUT2D eigenvalue weighted by atomic mass is 15.3. The Morgan fingerprint density at radius 3 is 2.25 bits per heavy atom. The van der Waals surface area contributed by atoms with Crippen LogP contribution in [0.4, 0.5) is 0 Å². The molecule has 0 aliphatic rings. The predicted octanol–water partition coefficient (Wildman–Crippen LogP) is 3.54. The van der Waals surface area contributed by atoms with Crippen LogP contribution < -0.4 is 5.32 Å². The van der Waals surface area contributed by atoms with Gasteiger partial charge >= 0.3 is 0 Å². The lowest BCUT2D eigenvalue weighted by molar-refractivity contribution is 0.552. The third-order valence-corrected chi connectivity index (χ3v) is 3.72. The summed E-state index contributed by atoms with van der Waals surface area (Å²) in [6.45, 7) is 12.7. The number of nitrogens with one attached hydrogen (secondary N) is 1. The molecule has 20 heavy (non-hydrogen) atoms. The van der Waals surface area contributed by atoms with Crippen molar-refractivity contribution in [3.05, 3.63) is 46.8 Å². The van der Waals surface area contributed by atoms with E-state index < -0.39 is 0 Å². The zero-order chi connectivity index (χ0) is 14.7. The Morgan fingerprint density at radius 2 is 1.75 bits per heavy atom. The maximum atomic E-state index is 4.60. The van der Waals surface area contributed by atoms with Crippen LogP contribution in [0.2, 0.25) is 0 Å². The molecule has 3 heteroatoms. The van der Waals surface area contributed by atoms with Crippen molar-refractivity contribution in [2.75, 3.05) is 6.54 Å². The first kappa shape index (κ1) is 14.8. The molecule has 108 valence electrons. The van der Waals surface area contributed by atoms with E-state index in [0.717, 1.165) is 24.5 Å². The molecule has 0 aliphatic carbocycles. The zero-order valence-corrected chi connectivity index (χ0v) is 13.2. The fourth-order valence-electron chi connectivity index (χ4n) is 2.23. The van der Waals surface area contributed by atoms with E-state index in [0.29, 0.717) is 5.92 Å². The van der Waals surface area contributed by atoms with Gasteiger partial charge in [0.25, 0.3) is 0 Å². The predicted molar refractivity (Wildman–Crippen MR) is 84.3 cm³/mol. The highest BCUT2D eigenvalue weighted by Crippen LogP contribution is 2.17. The fraction of sp³-hybridized carbons (Fsp3) is 0.471. The summed E-state index contributed by atoms with van der Waals surface area (Å²) in [5.74, 6) is 0.687. The van der Waals surface area contributed by atoms with Crippen LogP contribution in [0.1, 0.15) is 36.4 Å². The Balaban J connectivity index is 2.10. The van der Waals surface area contributed by atoms with E-state index in [1.54, 1.807) is 0 Å². The quantitative estimate of drug-likeness (QED) is 0.901. The molecular formula is C17H25N3. The molecule has 0 aliphatic heterocycles. The van der Waals surface area contributed by atoms with Crippen molar-refractivity contribution in [2.24, 2.45) is 5.92 Å². The molecule has 2 rings (SSSR count). The number of hydrogen-bond acceptors (Lipinski definition) is 2. The van der Waals surface area contributed by atoms with E-state index >= 15 is 0 Å². The summed E-state index contributed by atoms with van der Waals surface area (Å²) in [5, 5.41) is 8.06. The Morgan fingerprint density at radius 1 is 1.10 bits per heavy atom. The van der Waals surface area contributed by atoms with Crippen LogP contribution in [0.15, 0.2) is 24.3 Å². The van der Waals surface area contributed by atoms with E-state index in [1.807, 2.05) is 4.68 Å². The molecule has 3 nitrogen and oxygen atoms in total. The van der Waals surface area contributed by atoms with Crippen LogP contribution in [-0.4, -0.2) is 16.3 Å². The first-order chi connectivity index (χ1) is 9.49. The molecular weight excluding hydrogens is 246 g/mol. The molecule has 0 bridgehead atoms. The summed E-state index contributed by atoms with van der Waals surface area (Å²) in [5.41, 5.74) is 6.03. The largest absolute Gasteiger partial charge is 0.312 e. The average Bonchev–Trinajstić information content (AvgIpc) is 2.67. The second-order valence-electron chi connectivity index (χ2n) is 5.90. The van der Waals surface area contributed by atoms with Crippen molar-refractivity contribution in [1.82, 2.24) is 15.1 Å². The van der Waals surface area contributed by atoms with Crippen molar-refractivity contribution < 1.29 is 0 Å². The maximum absolute atomic E-state index is 4.60. The van der Waals surface area contributed by atoms with Crippen LogP contribution in [0.3, 0.4) is 0 Å². The summed E-state index contributed by atoms with van der Waals surface area (Å²) in [4.78, 5) is 0. The van der Waals surface area contributed by atoms with Crippen LogP contribution >= 0.6 is 0 Å². The molecule has 0 atom stereocenters. The summed E-state index contributed by atoms with van der Waals surface area (Å²) in [7, 11) is 0. The first-order valence-electron chi connectivity index (χ1n) is 7.32. The average molecular weight is 271 g/mol. The topological polar surface area (TPSA) is 29.9 Å². The molecule has 0 unspecified atom stereocenters. The third kappa shape index (κ3) is 3.28. The molecule has 2 aromatic rings. The number of rotatable bonds is 5. The van der Waals surface area contributed by atoms with Gasteiger partial charge < -0.3 is 5.32 Å². The number of benzene rings is 1. The molecule has 0 saturated heterocycles. The second kappa shape index (κ2) is 6.23. The highest BCUT2D eigenvalue weighted by Gasteiger charge is 2.08. The smallest absolute Gasteiger partial charge is 0.0649 e. The van der Waals surface area contributed by atoms with Crippen molar-refractivity contribution in [3.8, 4) is 5.69 Å². The number of aromatic nitrogens is 2. The molecule has 0 spiro atoms. The lowest BCUT2D eigenvalue weighted by Crippen LogP contribution is -2.18. The number of nitrogens with zero attached hydrogens (tertiary/aromatic N) is 2. The third-order valence-electron chi connectivity index (χ3n) is 3.72. The van der Waals surface area contributed by atoms with Gasteiger partial charge in [-0.15, -0.1) is 0 Å². The molecule has 0 amide bonds. The summed E-state index contributed by atoms with van der Waals surface area (Å²) >= 11 is 0. The van der Waals surface area contributed by atoms with Gasteiger partial charge in [0.15, 0.2) is 0 Å². The molecule has 1 aromatic carbocycles. The number of aryl methyl sites for hydroxylation is 1. The Bertz CT molecular complexity index is 565. The fourth-order valence-corrected chi connectivity index (χ4v) is 2.23. The second-order valence-corrected chi connectivity index (χ2v) is 5.90. The Hall–Kier alpha value is -1.61. The van der Waals surface area contributed by atoms with Gasteiger partial charge in [0.2, 0.25) is 0 Å². The van der Waals surface area contributed by atoms with Gasteiger partial charge in [0.1, 0.15) is 0 Å². The van der Waals surface area contributed by atoms with Gasteiger partial charge in [-0.1, -0.05) is 26.0 Å². The normalized spacial score (nSPS) is 11.3. The lowest BCUT2D eigenvalue weighted by Gasteiger charge is -2.09. The minimum atomic E-state index is 0.687. The van der Waals surface area contributed by atoms with Crippen molar-refractivity contribution >= 4 is 0 Å². The lowest BCUT2D eigenvalue weighted by atomic mass is 10.2. The Kier molecular flexibility index (Phi) is 4.61. The standard InChI is InChI=1S/C17H25N3/c1-12(2)10-18-11-16-6-8-17(9-7-16)20-15(5)13(3)14(4)19-20/h6-9,12,18H,10-11H2,1-5H3. The van der Waals surface area contributed by atoms with Crippen LogP contribution in [-0.2, 0) is 6.54 Å². The van der Waals surface area contributed by atoms with E-state index in [1.165, 1.54) is 16.8 Å². The SMILES string of the molecule is Cc1nn(-c2ccc(CNCC(C)C)cc2)c(C)c1C. The molecule has 1 aromatic heterocycles. The van der Waals surface area contributed by atoms with Crippen molar-refractivity contribution in [2.45, 2.75) is 41.2 Å². The van der Waals surface area contributed by atoms with Crippen LogP contribution in [0.5, 0.6) is 0 Å². The highest BCUT2D eigenvalue weighted by molar-refractivity contribution is 5.38. The van der Waals surface area contributed by atoms with Gasteiger partial charge in [-0.2, -0.15) is 5.10 Å². The zero-order valence-electron chi connectivity index (χ0n) is 13.2. The molecule has 1 N–H and O–H groups in total. The molecule has 1 heterocycles. The van der Waals surface area contributed by atoms with Crippen molar-refractivity contribution in [1.29, 1.82) is 0 Å². The Labute approximate surface area is 122 Å². The van der Waals surface area contributed by atoms with E-state index in [-0.39, 0.29) is 0 Å². The molecule has 0 saturated carbocycles. The van der Waals surface area contributed by atoms with Gasteiger partial charge in [0, 0.05) is 12.2 Å². The van der Waals surface area contributed by atoms with Gasteiger partial charge in [0.05, 0.1) is 11.4 Å². The summed E-state index contributed by atoms with van der Waals surface area (Å²) in [6.07, 6.45) is 0.